The maximum atomic E-state index is 14.4. The number of benzene rings is 1. The zero-order valence-electron chi connectivity index (χ0n) is 11.4. The minimum atomic E-state index is -2.20. The molecule has 19 heavy (non-hydrogen) atoms. The lowest BCUT2D eigenvalue weighted by Crippen LogP contribution is -2.42. The first-order valence-corrected chi connectivity index (χ1v) is 6.00. The molecule has 0 bridgehead atoms. The molecule has 1 aromatic rings. The second-order valence-electron chi connectivity index (χ2n) is 5.64. The lowest BCUT2D eigenvalue weighted by molar-refractivity contribution is -0.128. The predicted molar refractivity (Wildman–Crippen MR) is 68.6 cm³/mol. The Morgan fingerprint density at radius 1 is 1.32 bits per heavy atom. The van der Waals surface area contributed by atoms with E-state index in [1.54, 1.807) is 32.9 Å². The van der Waals surface area contributed by atoms with Crippen LogP contribution in [0.4, 0.5) is 14.9 Å². The highest BCUT2D eigenvalue weighted by Gasteiger charge is 2.51. The second-order valence-corrected chi connectivity index (χ2v) is 5.64. The smallest absolute Gasteiger partial charge is 0.421 e. The van der Waals surface area contributed by atoms with Gasteiger partial charge < -0.3 is 4.74 Å². The maximum Gasteiger partial charge on any atom is 0.421 e. The molecule has 0 N–H and O–H groups in total. The van der Waals surface area contributed by atoms with Crippen LogP contribution in [0.1, 0.15) is 33.3 Å². The van der Waals surface area contributed by atoms with Crippen molar-refractivity contribution in [3.8, 4) is 0 Å². The summed E-state index contributed by atoms with van der Waals surface area (Å²) in [6.45, 7) is 6.21. The van der Waals surface area contributed by atoms with E-state index in [1.165, 1.54) is 12.1 Å². The Morgan fingerprint density at radius 3 is 2.47 bits per heavy atom. The van der Waals surface area contributed by atoms with Crippen LogP contribution in [0, 0.1) is 0 Å². The summed E-state index contributed by atoms with van der Waals surface area (Å²) in [6.07, 6.45) is -0.855. The number of carbonyl (C=O) groups excluding carboxylic acids is 2. The number of anilines is 1. The highest BCUT2D eigenvalue weighted by molar-refractivity contribution is 6.20. The Hall–Kier alpha value is -1.91. The molecule has 0 fully saturated rings. The number of para-hydroxylation sites is 1. The lowest BCUT2D eigenvalue weighted by Gasteiger charge is -2.24. The number of amides is 2. The standard InChI is InChI=1S/C14H16FNO3/c1-13(2,3)19-12(18)16-10-8-6-5-7-9(10)14(4,15)11(16)17/h5-8H,1-4H3/t14-/m1/s1. The number of hydrogen-bond donors (Lipinski definition) is 0. The highest BCUT2D eigenvalue weighted by atomic mass is 19.1. The minimum Gasteiger partial charge on any atom is -0.443 e. The van der Waals surface area contributed by atoms with E-state index in [9.17, 15) is 14.0 Å². The van der Waals surface area contributed by atoms with Crippen molar-refractivity contribution < 1.29 is 18.7 Å². The van der Waals surface area contributed by atoms with Gasteiger partial charge in [-0.25, -0.2) is 14.1 Å². The van der Waals surface area contributed by atoms with E-state index in [1.807, 2.05) is 0 Å². The van der Waals surface area contributed by atoms with Crippen molar-refractivity contribution in [2.75, 3.05) is 4.90 Å². The molecule has 4 nitrogen and oxygen atoms in total. The third-order valence-corrected chi connectivity index (χ3v) is 2.83. The molecule has 1 heterocycles. The van der Waals surface area contributed by atoms with Crippen molar-refractivity contribution in [1.29, 1.82) is 0 Å². The van der Waals surface area contributed by atoms with Gasteiger partial charge in [-0.1, -0.05) is 18.2 Å². The van der Waals surface area contributed by atoms with Crippen LogP contribution in [0.3, 0.4) is 0 Å². The summed E-state index contributed by atoms with van der Waals surface area (Å²) in [4.78, 5) is 24.9. The van der Waals surface area contributed by atoms with Crippen molar-refractivity contribution in [2.24, 2.45) is 0 Å². The van der Waals surface area contributed by atoms with Crippen LogP contribution in [-0.4, -0.2) is 17.6 Å². The largest absolute Gasteiger partial charge is 0.443 e. The number of nitrogens with zero attached hydrogens (tertiary/aromatic N) is 1. The van der Waals surface area contributed by atoms with Crippen LogP contribution in [0.5, 0.6) is 0 Å². The van der Waals surface area contributed by atoms with Gasteiger partial charge in [-0.2, -0.15) is 0 Å². The van der Waals surface area contributed by atoms with Crippen LogP contribution in [0.2, 0.25) is 0 Å². The van der Waals surface area contributed by atoms with E-state index in [4.69, 9.17) is 4.74 Å². The first-order valence-electron chi connectivity index (χ1n) is 6.00. The summed E-state index contributed by atoms with van der Waals surface area (Å²) in [5, 5.41) is 0. The van der Waals surface area contributed by atoms with Crippen LogP contribution in [0.15, 0.2) is 24.3 Å². The zero-order chi connectivity index (χ0) is 14.4. The van der Waals surface area contributed by atoms with Gasteiger partial charge >= 0.3 is 6.09 Å². The monoisotopic (exact) mass is 265 g/mol. The fraction of sp³-hybridized carbons (Fsp3) is 0.429. The molecule has 1 atom stereocenters. The van der Waals surface area contributed by atoms with Gasteiger partial charge in [0.25, 0.3) is 5.91 Å². The van der Waals surface area contributed by atoms with Gasteiger partial charge in [-0.15, -0.1) is 0 Å². The minimum absolute atomic E-state index is 0.186. The van der Waals surface area contributed by atoms with E-state index in [0.717, 1.165) is 11.8 Å². The first kappa shape index (κ1) is 13.5. The van der Waals surface area contributed by atoms with Crippen LogP contribution in [-0.2, 0) is 15.2 Å². The summed E-state index contributed by atoms with van der Waals surface area (Å²) >= 11 is 0. The first-order chi connectivity index (χ1) is 8.64. The molecule has 0 spiro atoms. The third kappa shape index (κ3) is 2.20. The lowest BCUT2D eigenvalue weighted by atomic mass is 10.0. The number of carbonyl (C=O) groups is 2. The molecule has 102 valence electrons. The van der Waals surface area contributed by atoms with Crippen molar-refractivity contribution in [3.63, 3.8) is 0 Å². The molecule has 0 aromatic heterocycles. The van der Waals surface area contributed by atoms with Gasteiger partial charge in [0.2, 0.25) is 5.67 Å². The molecule has 0 aliphatic carbocycles. The van der Waals surface area contributed by atoms with E-state index < -0.39 is 23.3 Å². The SMILES string of the molecule is CC(C)(C)OC(=O)N1C(=O)[C@](C)(F)c2ccccc21. The van der Waals surface area contributed by atoms with Gasteiger partial charge in [-0.3, -0.25) is 4.79 Å². The number of alkyl halides is 1. The summed E-state index contributed by atoms with van der Waals surface area (Å²) in [6, 6.07) is 6.30. The normalized spacial score (nSPS) is 22.4. The van der Waals surface area contributed by atoms with Gasteiger partial charge in [0, 0.05) is 5.56 Å². The van der Waals surface area contributed by atoms with E-state index >= 15 is 0 Å². The van der Waals surface area contributed by atoms with Gasteiger partial charge in [0.15, 0.2) is 0 Å². The molecular formula is C14H16FNO3. The Kier molecular flexibility index (Phi) is 2.88. The van der Waals surface area contributed by atoms with Crippen molar-refractivity contribution in [3.05, 3.63) is 29.8 Å². The Labute approximate surface area is 111 Å². The van der Waals surface area contributed by atoms with Crippen LogP contribution >= 0.6 is 0 Å². The maximum absolute atomic E-state index is 14.4. The van der Waals surface area contributed by atoms with Crippen LogP contribution < -0.4 is 4.90 Å². The zero-order valence-corrected chi connectivity index (χ0v) is 11.4. The average Bonchev–Trinajstić information content (AvgIpc) is 2.46. The number of halogens is 1. The van der Waals surface area contributed by atoms with E-state index in [0.29, 0.717) is 0 Å². The molecule has 0 saturated heterocycles. The van der Waals surface area contributed by atoms with E-state index in [2.05, 4.69) is 0 Å². The topological polar surface area (TPSA) is 46.6 Å². The fourth-order valence-corrected chi connectivity index (χ4v) is 1.99. The van der Waals surface area contributed by atoms with Crippen molar-refractivity contribution in [2.45, 2.75) is 39.0 Å². The van der Waals surface area contributed by atoms with Crippen molar-refractivity contribution in [1.82, 2.24) is 0 Å². The second kappa shape index (κ2) is 4.05. The van der Waals surface area contributed by atoms with Gasteiger partial charge in [0.05, 0.1) is 5.69 Å². The third-order valence-electron chi connectivity index (χ3n) is 2.83. The summed E-state index contributed by atoms with van der Waals surface area (Å²) < 4.78 is 19.6. The van der Waals surface area contributed by atoms with Gasteiger partial charge in [-0.05, 0) is 33.8 Å². The number of hydrogen-bond acceptors (Lipinski definition) is 3. The Bertz CT molecular complexity index is 546. The van der Waals surface area contributed by atoms with Crippen LogP contribution in [0.25, 0.3) is 0 Å². The average molecular weight is 265 g/mol. The molecule has 1 aliphatic heterocycles. The van der Waals surface area contributed by atoms with Crippen molar-refractivity contribution >= 4 is 17.7 Å². The van der Waals surface area contributed by atoms with E-state index in [-0.39, 0.29) is 11.3 Å². The quantitative estimate of drug-likeness (QED) is 0.724. The number of fused-ring (bicyclic) bond motifs is 1. The summed E-state index contributed by atoms with van der Waals surface area (Å²) in [7, 11) is 0. The summed E-state index contributed by atoms with van der Waals surface area (Å²) in [5.74, 6) is -0.914. The molecule has 0 saturated carbocycles. The molecule has 1 aliphatic rings. The Morgan fingerprint density at radius 2 is 1.89 bits per heavy atom. The molecule has 5 heteroatoms. The number of rotatable bonds is 0. The molecule has 0 unspecified atom stereocenters. The van der Waals surface area contributed by atoms with Gasteiger partial charge in [0.1, 0.15) is 5.60 Å². The predicted octanol–water partition coefficient (Wildman–Crippen LogP) is 3.15. The molecule has 2 amide bonds. The molecule has 2 rings (SSSR count). The molecular weight excluding hydrogens is 249 g/mol. The number of ether oxygens (including phenoxy) is 1. The molecule has 1 aromatic carbocycles. The summed E-state index contributed by atoms with van der Waals surface area (Å²) in [5.41, 5.74) is -2.52. The highest BCUT2D eigenvalue weighted by Crippen LogP contribution is 2.43. The fourth-order valence-electron chi connectivity index (χ4n) is 1.99. The Balaban J connectivity index is 2.43. The molecule has 0 radical (unpaired) electrons. The number of imide groups is 1.